The van der Waals surface area contributed by atoms with E-state index in [1.54, 1.807) is 0 Å². The zero-order valence-electron chi connectivity index (χ0n) is 8.22. The number of carboxylic acids is 1. The Hall–Kier alpha value is -1.43. The van der Waals surface area contributed by atoms with Crippen molar-refractivity contribution in [2.75, 3.05) is 6.54 Å². The minimum atomic E-state index is -0.712. The molecule has 2 N–H and O–H groups in total. The average Bonchev–Trinajstić information content (AvgIpc) is 2.61. The van der Waals surface area contributed by atoms with Crippen LogP contribution in [0.5, 0.6) is 0 Å². The lowest BCUT2D eigenvalue weighted by atomic mass is 9.79. The minimum Gasteiger partial charge on any atom is -0.481 e. The number of hydrogen-bond acceptors (Lipinski definition) is 5. The normalized spacial score (nSPS) is 24.8. The molecule has 1 fully saturated rings. The van der Waals surface area contributed by atoms with E-state index >= 15 is 0 Å². The summed E-state index contributed by atoms with van der Waals surface area (Å²) in [7, 11) is 0. The Bertz CT molecular complexity index is 325. The smallest absolute Gasteiger partial charge is 0.308 e. The third kappa shape index (κ3) is 2.33. The molecule has 82 valence electrons. The monoisotopic (exact) mass is 211 g/mol. The summed E-state index contributed by atoms with van der Waals surface area (Å²) in [5.74, 6) is -0.363. The Morgan fingerprint density at radius 3 is 3.07 bits per heavy atom. The molecule has 0 amide bonds. The number of rotatable bonds is 5. The van der Waals surface area contributed by atoms with Crippen molar-refractivity contribution in [3.63, 3.8) is 0 Å². The minimum absolute atomic E-state index is 0.102. The maximum atomic E-state index is 10.7. The van der Waals surface area contributed by atoms with Gasteiger partial charge in [-0.25, -0.2) is 0 Å². The van der Waals surface area contributed by atoms with Gasteiger partial charge in [0.05, 0.1) is 5.92 Å². The van der Waals surface area contributed by atoms with E-state index in [1.807, 2.05) is 0 Å². The highest BCUT2D eigenvalue weighted by Crippen LogP contribution is 2.27. The van der Waals surface area contributed by atoms with E-state index in [0.717, 1.165) is 12.8 Å². The quantitative estimate of drug-likeness (QED) is 0.716. The summed E-state index contributed by atoms with van der Waals surface area (Å²) < 4.78 is 4.82. The number of carbonyl (C=O) groups is 1. The van der Waals surface area contributed by atoms with Gasteiger partial charge in [-0.2, -0.15) is 4.98 Å². The van der Waals surface area contributed by atoms with Gasteiger partial charge in [-0.3, -0.25) is 4.79 Å². The van der Waals surface area contributed by atoms with Gasteiger partial charge in [0.25, 0.3) is 0 Å². The van der Waals surface area contributed by atoms with E-state index in [2.05, 4.69) is 15.5 Å². The molecular formula is C9H13N3O3. The van der Waals surface area contributed by atoms with Crippen LogP contribution in [0.2, 0.25) is 0 Å². The predicted octanol–water partition coefficient (Wildman–Crippen LogP) is 0.0649. The second-order valence-electron chi connectivity index (χ2n) is 3.67. The highest BCUT2D eigenvalue weighted by atomic mass is 16.5. The topological polar surface area (TPSA) is 88.2 Å². The fourth-order valence-electron chi connectivity index (χ4n) is 1.71. The summed E-state index contributed by atoms with van der Waals surface area (Å²) in [6.45, 7) is 0.677. The average molecular weight is 211 g/mol. The lowest BCUT2D eigenvalue weighted by Gasteiger charge is -2.33. The Labute approximate surface area is 86.7 Å². The molecule has 0 spiro atoms. The molecule has 15 heavy (non-hydrogen) atoms. The number of nitrogens with one attached hydrogen (secondary N) is 1. The van der Waals surface area contributed by atoms with Crippen molar-refractivity contribution in [3.8, 4) is 0 Å². The van der Waals surface area contributed by atoms with Crippen molar-refractivity contribution in [1.29, 1.82) is 0 Å². The summed E-state index contributed by atoms with van der Waals surface area (Å²) in [5.41, 5.74) is 0. The molecule has 2 unspecified atom stereocenters. The predicted molar refractivity (Wildman–Crippen MR) is 50.2 cm³/mol. The molecule has 6 heteroatoms. The molecule has 1 aromatic heterocycles. The van der Waals surface area contributed by atoms with Crippen LogP contribution in [0.1, 0.15) is 18.7 Å². The Morgan fingerprint density at radius 1 is 1.67 bits per heavy atom. The van der Waals surface area contributed by atoms with Crippen LogP contribution in [0, 0.1) is 5.92 Å². The fourth-order valence-corrected chi connectivity index (χ4v) is 1.71. The van der Waals surface area contributed by atoms with Gasteiger partial charge in [0.2, 0.25) is 5.89 Å². The molecule has 2 atom stereocenters. The first-order valence-electron chi connectivity index (χ1n) is 4.99. The summed E-state index contributed by atoms with van der Waals surface area (Å²) in [4.78, 5) is 14.6. The van der Waals surface area contributed by atoms with Crippen LogP contribution < -0.4 is 5.32 Å². The van der Waals surface area contributed by atoms with Gasteiger partial charge in [0.1, 0.15) is 0 Å². The molecule has 0 aliphatic heterocycles. The van der Waals surface area contributed by atoms with E-state index in [-0.39, 0.29) is 12.0 Å². The van der Waals surface area contributed by atoms with Gasteiger partial charge in [-0.05, 0) is 12.8 Å². The number of aliphatic carboxylic acids is 1. The van der Waals surface area contributed by atoms with Crippen LogP contribution in [0.3, 0.4) is 0 Å². The second kappa shape index (κ2) is 4.39. The van der Waals surface area contributed by atoms with E-state index in [4.69, 9.17) is 9.63 Å². The Balaban J connectivity index is 1.68. The van der Waals surface area contributed by atoms with Crippen LogP contribution in [-0.4, -0.2) is 33.8 Å². The SMILES string of the molecule is O=C(O)C1CCC1NCCc1ncno1. The maximum absolute atomic E-state index is 10.7. The number of hydrogen-bond donors (Lipinski definition) is 2. The number of carboxylic acid groups (broad SMARTS) is 1. The van der Waals surface area contributed by atoms with Gasteiger partial charge in [-0.1, -0.05) is 5.16 Å². The van der Waals surface area contributed by atoms with E-state index in [9.17, 15) is 4.79 Å². The summed E-state index contributed by atoms with van der Waals surface area (Å²) >= 11 is 0. The summed E-state index contributed by atoms with van der Waals surface area (Å²) in [5, 5.41) is 15.5. The van der Waals surface area contributed by atoms with E-state index < -0.39 is 5.97 Å². The van der Waals surface area contributed by atoms with Crippen LogP contribution >= 0.6 is 0 Å². The molecule has 0 aromatic carbocycles. The molecule has 0 bridgehead atoms. The van der Waals surface area contributed by atoms with Crippen molar-refractivity contribution < 1.29 is 14.4 Å². The first-order chi connectivity index (χ1) is 7.27. The lowest BCUT2D eigenvalue weighted by molar-refractivity contribution is -0.146. The molecule has 1 heterocycles. The van der Waals surface area contributed by atoms with Crippen LogP contribution in [0.4, 0.5) is 0 Å². The third-order valence-electron chi connectivity index (χ3n) is 2.74. The highest BCUT2D eigenvalue weighted by Gasteiger charge is 2.35. The largest absolute Gasteiger partial charge is 0.481 e. The van der Waals surface area contributed by atoms with Crippen LogP contribution in [-0.2, 0) is 11.2 Å². The van der Waals surface area contributed by atoms with Crippen molar-refractivity contribution >= 4 is 5.97 Å². The first kappa shape index (κ1) is 10.1. The maximum Gasteiger partial charge on any atom is 0.308 e. The van der Waals surface area contributed by atoms with Gasteiger partial charge in [0.15, 0.2) is 6.33 Å². The standard InChI is InChI=1S/C9H13N3O3/c13-9(14)6-1-2-7(6)10-4-3-8-11-5-12-15-8/h5-7,10H,1-4H2,(H,13,14). The molecular weight excluding hydrogens is 198 g/mol. The second-order valence-corrected chi connectivity index (χ2v) is 3.67. The van der Waals surface area contributed by atoms with Crippen LogP contribution in [0.15, 0.2) is 10.9 Å². The summed E-state index contributed by atoms with van der Waals surface area (Å²) in [6, 6.07) is 0.102. The van der Waals surface area contributed by atoms with Crippen molar-refractivity contribution in [2.24, 2.45) is 5.92 Å². The third-order valence-corrected chi connectivity index (χ3v) is 2.74. The van der Waals surface area contributed by atoms with Crippen molar-refractivity contribution in [3.05, 3.63) is 12.2 Å². The van der Waals surface area contributed by atoms with E-state index in [1.165, 1.54) is 6.33 Å². The molecule has 1 aliphatic carbocycles. The summed E-state index contributed by atoms with van der Waals surface area (Å²) in [6.07, 6.45) is 3.70. The van der Waals surface area contributed by atoms with Gasteiger partial charge >= 0.3 is 5.97 Å². The molecule has 1 aliphatic rings. The lowest BCUT2D eigenvalue weighted by Crippen LogP contribution is -2.48. The number of nitrogens with zero attached hydrogens (tertiary/aromatic N) is 2. The number of aromatic nitrogens is 2. The molecule has 2 rings (SSSR count). The van der Waals surface area contributed by atoms with Gasteiger partial charge in [-0.15, -0.1) is 0 Å². The Morgan fingerprint density at radius 2 is 2.53 bits per heavy atom. The Kier molecular flexibility index (Phi) is 2.96. The molecule has 0 radical (unpaired) electrons. The molecule has 0 saturated heterocycles. The van der Waals surface area contributed by atoms with Crippen molar-refractivity contribution in [1.82, 2.24) is 15.5 Å². The van der Waals surface area contributed by atoms with Crippen LogP contribution in [0.25, 0.3) is 0 Å². The molecule has 6 nitrogen and oxygen atoms in total. The highest BCUT2D eigenvalue weighted by molar-refractivity contribution is 5.72. The van der Waals surface area contributed by atoms with Gasteiger partial charge < -0.3 is 14.9 Å². The van der Waals surface area contributed by atoms with Gasteiger partial charge in [0, 0.05) is 19.0 Å². The first-order valence-corrected chi connectivity index (χ1v) is 4.99. The molecule has 1 saturated carbocycles. The van der Waals surface area contributed by atoms with E-state index in [0.29, 0.717) is 18.9 Å². The zero-order valence-corrected chi connectivity index (χ0v) is 8.22. The van der Waals surface area contributed by atoms with Crippen molar-refractivity contribution in [2.45, 2.75) is 25.3 Å². The molecule has 1 aromatic rings. The zero-order chi connectivity index (χ0) is 10.7. The fraction of sp³-hybridized carbons (Fsp3) is 0.667.